The Morgan fingerprint density at radius 3 is 2.56 bits per heavy atom. The summed E-state index contributed by atoms with van der Waals surface area (Å²) in [6.07, 6.45) is 6.27. The molecule has 10 heteroatoms. The highest BCUT2D eigenvalue weighted by atomic mass is 16.5. The zero-order valence-electron chi connectivity index (χ0n) is 16.6. The highest BCUT2D eigenvalue weighted by Crippen LogP contribution is 2.22. The summed E-state index contributed by atoms with van der Waals surface area (Å²) in [5.41, 5.74) is 1.58. The van der Waals surface area contributed by atoms with Crippen molar-refractivity contribution in [2.75, 3.05) is 5.32 Å². The number of anilines is 1. The molecule has 5 rings (SSSR count). The predicted octanol–water partition coefficient (Wildman–Crippen LogP) is 3.29. The second kappa shape index (κ2) is 8.48. The van der Waals surface area contributed by atoms with Crippen LogP contribution >= 0.6 is 0 Å². The number of amides is 1. The third-order valence-corrected chi connectivity index (χ3v) is 4.41. The van der Waals surface area contributed by atoms with Gasteiger partial charge in [-0.05, 0) is 42.5 Å². The van der Waals surface area contributed by atoms with E-state index in [0.29, 0.717) is 23.1 Å². The molecule has 0 spiro atoms. The van der Waals surface area contributed by atoms with Crippen molar-refractivity contribution in [1.82, 2.24) is 34.7 Å². The molecule has 0 aliphatic carbocycles. The van der Waals surface area contributed by atoms with Gasteiger partial charge in [0.15, 0.2) is 11.5 Å². The SMILES string of the molecule is O=C(Nc1ccc(Oc2cc(-n3cccn3)ncn2)cc1)c1cnn(-c2ccccc2)n1. The molecule has 0 atom stereocenters. The molecule has 0 radical (unpaired) electrons. The topological polar surface area (TPSA) is 113 Å². The van der Waals surface area contributed by atoms with E-state index in [1.807, 2.05) is 30.3 Å². The quantitative estimate of drug-likeness (QED) is 0.445. The van der Waals surface area contributed by atoms with Crippen molar-refractivity contribution in [3.63, 3.8) is 0 Å². The largest absolute Gasteiger partial charge is 0.439 e. The lowest BCUT2D eigenvalue weighted by atomic mass is 10.3. The number of para-hydroxylation sites is 1. The minimum absolute atomic E-state index is 0.210. The number of ether oxygens (including phenoxy) is 1. The molecule has 3 aromatic heterocycles. The number of hydrogen-bond acceptors (Lipinski definition) is 7. The Balaban J connectivity index is 1.24. The molecule has 0 unspecified atom stereocenters. The first-order chi connectivity index (χ1) is 15.7. The Bertz CT molecular complexity index is 1330. The molecule has 10 nitrogen and oxygen atoms in total. The third-order valence-electron chi connectivity index (χ3n) is 4.41. The van der Waals surface area contributed by atoms with Gasteiger partial charge in [-0.3, -0.25) is 4.79 Å². The summed E-state index contributed by atoms with van der Waals surface area (Å²) in [4.78, 5) is 22.2. The van der Waals surface area contributed by atoms with Crippen molar-refractivity contribution in [3.8, 4) is 23.1 Å². The highest BCUT2D eigenvalue weighted by molar-refractivity contribution is 6.02. The lowest BCUT2D eigenvalue weighted by molar-refractivity contribution is 0.102. The summed E-state index contributed by atoms with van der Waals surface area (Å²) in [5, 5.41) is 15.3. The van der Waals surface area contributed by atoms with Crippen molar-refractivity contribution in [1.29, 1.82) is 0 Å². The van der Waals surface area contributed by atoms with E-state index in [2.05, 4.69) is 30.6 Å². The predicted molar refractivity (Wildman–Crippen MR) is 115 cm³/mol. The Kier molecular flexibility index (Phi) is 5.07. The van der Waals surface area contributed by atoms with Gasteiger partial charge in [-0.1, -0.05) is 18.2 Å². The van der Waals surface area contributed by atoms with E-state index in [1.54, 1.807) is 53.5 Å². The number of carbonyl (C=O) groups excluding carboxylic acids is 1. The molecule has 0 fully saturated rings. The van der Waals surface area contributed by atoms with Gasteiger partial charge in [-0.25, -0.2) is 14.6 Å². The molecule has 1 amide bonds. The van der Waals surface area contributed by atoms with E-state index < -0.39 is 0 Å². The number of benzene rings is 2. The molecule has 0 aliphatic rings. The zero-order valence-corrected chi connectivity index (χ0v) is 16.6. The normalized spacial score (nSPS) is 10.6. The summed E-state index contributed by atoms with van der Waals surface area (Å²) in [7, 11) is 0. The Morgan fingerprint density at radius 1 is 0.938 bits per heavy atom. The number of hydrogen-bond donors (Lipinski definition) is 1. The molecule has 2 aromatic carbocycles. The van der Waals surface area contributed by atoms with Crippen molar-refractivity contribution < 1.29 is 9.53 Å². The van der Waals surface area contributed by atoms with Crippen LogP contribution in [0.25, 0.3) is 11.5 Å². The van der Waals surface area contributed by atoms with Crippen molar-refractivity contribution >= 4 is 11.6 Å². The average molecular weight is 424 g/mol. The first-order valence-corrected chi connectivity index (χ1v) is 9.64. The molecular formula is C22H16N8O2. The monoisotopic (exact) mass is 424 g/mol. The molecule has 0 saturated heterocycles. The van der Waals surface area contributed by atoms with Gasteiger partial charge in [-0.2, -0.15) is 15.0 Å². The maximum atomic E-state index is 12.5. The zero-order chi connectivity index (χ0) is 21.8. The fraction of sp³-hybridized carbons (Fsp3) is 0. The summed E-state index contributed by atoms with van der Waals surface area (Å²) in [6, 6.07) is 19.8. The molecule has 32 heavy (non-hydrogen) atoms. The third kappa shape index (κ3) is 4.19. The summed E-state index contributed by atoms with van der Waals surface area (Å²) < 4.78 is 7.40. The summed E-state index contributed by atoms with van der Waals surface area (Å²) in [5.74, 6) is 1.16. The lowest BCUT2D eigenvalue weighted by Gasteiger charge is -2.07. The van der Waals surface area contributed by atoms with Crippen molar-refractivity contribution in [2.45, 2.75) is 0 Å². The van der Waals surface area contributed by atoms with Gasteiger partial charge >= 0.3 is 0 Å². The number of rotatable bonds is 6. The number of aromatic nitrogens is 7. The Morgan fingerprint density at radius 2 is 1.78 bits per heavy atom. The van der Waals surface area contributed by atoms with E-state index in [9.17, 15) is 4.79 Å². The van der Waals surface area contributed by atoms with Gasteiger partial charge in [0, 0.05) is 24.1 Å². The van der Waals surface area contributed by atoms with Crippen LogP contribution in [-0.2, 0) is 0 Å². The maximum absolute atomic E-state index is 12.5. The standard InChI is InChI=1S/C22H16N8O2/c31-22(19-14-26-30(28-19)17-5-2-1-3-6-17)27-16-7-9-18(10-8-16)32-21-13-20(23-15-24-21)29-12-4-11-25-29/h1-15H,(H,27,31). The number of nitrogens with zero attached hydrogens (tertiary/aromatic N) is 7. The van der Waals surface area contributed by atoms with Crippen LogP contribution in [0.3, 0.4) is 0 Å². The summed E-state index contributed by atoms with van der Waals surface area (Å²) in [6.45, 7) is 0. The van der Waals surface area contributed by atoms with Crippen LogP contribution in [0.15, 0.2) is 91.6 Å². The molecule has 5 aromatic rings. The smallest absolute Gasteiger partial charge is 0.277 e. The average Bonchev–Trinajstić information content (AvgIpc) is 3.54. The molecule has 156 valence electrons. The van der Waals surface area contributed by atoms with Gasteiger partial charge in [0.2, 0.25) is 5.88 Å². The van der Waals surface area contributed by atoms with Gasteiger partial charge in [0.05, 0.1) is 11.9 Å². The lowest BCUT2D eigenvalue weighted by Crippen LogP contribution is -2.13. The first-order valence-electron chi connectivity index (χ1n) is 9.64. The van der Waals surface area contributed by atoms with Crippen molar-refractivity contribution in [3.05, 3.63) is 97.3 Å². The van der Waals surface area contributed by atoms with E-state index in [0.717, 1.165) is 5.69 Å². The molecule has 0 aliphatic heterocycles. The van der Waals surface area contributed by atoms with Gasteiger partial charge in [0.25, 0.3) is 5.91 Å². The molecular weight excluding hydrogens is 408 g/mol. The summed E-state index contributed by atoms with van der Waals surface area (Å²) >= 11 is 0. The Labute approximate surface area is 182 Å². The number of nitrogens with one attached hydrogen (secondary N) is 1. The molecule has 0 saturated carbocycles. The maximum Gasteiger partial charge on any atom is 0.277 e. The fourth-order valence-electron chi connectivity index (χ4n) is 2.89. The highest BCUT2D eigenvalue weighted by Gasteiger charge is 2.12. The number of carbonyl (C=O) groups is 1. The van der Waals surface area contributed by atoms with Crippen LogP contribution in [0, 0.1) is 0 Å². The van der Waals surface area contributed by atoms with Gasteiger partial charge < -0.3 is 10.1 Å². The Hall–Kier alpha value is -4.86. The minimum Gasteiger partial charge on any atom is -0.439 e. The second-order valence-corrected chi connectivity index (χ2v) is 6.60. The van der Waals surface area contributed by atoms with Crippen LogP contribution in [-0.4, -0.2) is 40.6 Å². The second-order valence-electron chi connectivity index (χ2n) is 6.60. The van der Waals surface area contributed by atoms with E-state index >= 15 is 0 Å². The van der Waals surface area contributed by atoms with Gasteiger partial charge in [-0.15, -0.1) is 5.10 Å². The van der Waals surface area contributed by atoms with Crippen LogP contribution < -0.4 is 10.1 Å². The fourth-order valence-corrected chi connectivity index (χ4v) is 2.89. The van der Waals surface area contributed by atoms with Crippen LogP contribution in [0.1, 0.15) is 10.5 Å². The van der Waals surface area contributed by atoms with Crippen LogP contribution in [0.5, 0.6) is 11.6 Å². The van der Waals surface area contributed by atoms with Gasteiger partial charge in [0.1, 0.15) is 12.1 Å². The van der Waals surface area contributed by atoms with Crippen molar-refractivity contribution in [2.24, 2.45) is 0 Å². The van der Waals surface area contributed by atoms with Crippen LogP contribution in [0.2, 0.25) is 0 Å². The molecule has 0 bridgehead atoms. The molecule has 1 N–H and O–H groups in total. The minimum atomic E-state index is -0.361. The van der Waals surface area contributed by atoms with Crippen LogP contribution in [0.4, 0.5) is 5.69 Å². The van der Waals surface area contributed by atoms with E-state index in [4.69, 9.17) is 4.74 Å². The van der Waals surface area contributed by atoms with E-state index in [1.165, 1.54) is 17.3 Å². The molecule has 3 heterocycles. The van der Waals surface area contributed by atoms with E-state index in [-0.39, 0.29) is 11.6 Å². The first kappa shape index (κ1) is 19.1.